The summed E-state index contributed by atoms with van der Waals surface area (Å²) in [5.74, 6) is 0.120. The van der Waals surface area contributed by atoms with Gasteiger partial charge in [-0.15, -0.1) is 0 Å². The highest BCUT2D eigenvalue weighted by atomic mass is 32.2. The van der Waals surface area contributed by atoms with Crippen LogP contribution < -0.4 is 9.46 Å². The zero-order valence-electron chi connectivity index (χ0n) is 14.5. The predicted octanol–water partition coefficient (Wildman–Crippen LogP) is 1.56. The molecule has 0 spiro atoms. The Kier molecular flexibility index (Phi) is 5.58. The summed E-state index contributed by atoms with van der Waals surface area (Å²) in [6, 6.07) is 5.06. The van der Waals surface area contributed by atoms with E-state index in [1.54, 1.807) is 23.1 Å². The Labute approximate surface area is 148 Å². The molecule has 3 rings (SSSR count). The number of methoxy groups -OCH3 is 1. The molecule has 1 atom stereocenters. The van der Waals surface area contributed by atoms with Crippen molar-refractivity contribution >= 4 is 15.9 Å². The quantitative estimate of drug-likeness (QED) is 0.853. The number of sulfonamides is 1. The van der Waals surface area contributed by atoms with Gasteiger partial charge in [0.15, 0.2) is 0 Å². The van der Waals surface area contributed by atoms with Gasteiger partial charge in [0.05, 0.1) is 12.4 Å². The minimum atomic E-state index is -3.42. The van der Waals surface area contributed by atoms with Crippen molar-refractivity contribution in [3.63, 3.8) is 0 Å². The number of carbonyl (C=O) groups is 1. The van der Waals surface area contributed by atoms with Gasteiger partial charge >= 0.3 is 0 Å². The second-order valence-corrected chi connectivity index (χ2v) is 8.72. The number of hydrogen-bond acceptors (Lipinski definition) is 5. The van der Waals surface area contributed by atoms with Crippen molar-refractivity contribution in [2.45, 2.75) is 49.8 Å². The van der Waals surface area contributed by atoms with Crippen LogP contribution in [0.2, 0.25) is 0 Å². The molecule has 0 bridgehead atoms. The number of hydrogen-bond donors (Lipinski definition) is 1. The summed E-state index contributed by atoms with van der Waals surface area (Å²) in [5.41, 5.74) is 0.279. The zero-order chi connectivity index (χ0) is 17.9. The van der Waals surface area contributed by atoms with Gasteiger partial charge in [0.1, 0.15) is 5.69 Å². The normalized spacial score (nSPS) is 22.1. The predicted molar refractivity (Wildman–Crippen MR) is 94.0 cm³/mol. The summed E-state index contributed by atoms with van der Waals surface area (Å²) in [7, 11) is -1.92. The molecule has 1 unspecified atom stereocenters. The lowest BCUT2D eigenvalue weighted by Gasteiger charge is -2.33. The van der Waals surface area contributed by atoms with Gasteiger partial charge in [-0.3, -0.25) is 4.79 Å². The van der Waals surface area contributed by atoms with Gasteiger partial charge in [-0.05, 0) is 31.7 Å². The number of aromatic nitrogens is 1. The van der Waals surface area contributed by atoms with Gasteiger partial charge in [0, 0.05) is 25.2 Å². The summed E-state index contributed by atoms with van der Waals surface area (Å²) in [6.07, 6.45) is 5.21. The average molecular weight is 367 g/mol. The number of amides is 1. The Balaban J connectivity index is 1.68. The maximum absolute atomic E-state index is 12.7. The Morgan fingerprint density at radius 2 is 2.00 bits per heavy atom. The minimum Gasteiger partial charge on any atom is -0.481 e. The van der Waals surface area contributed by atoms with Crippen LogP contribution in [-0.2, 0) is 10.0 Å². The third-order valence-electron chi connectivity index (χ3n) is 4.94. The first-order valence-electron chi connectivity index (χ1n) is 8.81. The van der Waals surface area contributed by atoms with Crippen molar-refractivity contribution in [2.75, 3.05) is 20.2 Å². The topological polar surface area (TPSA) is 88.6 Å². The van der Waals surface area contributed by atoms with Crippen molar-refractivity contribution in [3.05, 3.63) is 23.9 Å². The molecule has 1 aliphatic carbocycles. The number of rotatable bonds is 5. The van der Waals surface area contributed by atoms with Crippen LogP contribution in [0.4, 0.5) is 0 Å². The summed E-state index contributed by atoms with van der Waals surface area (Å²) in [6.45, 7) is 0.757. The van der Waals surface area contributed by atoms with Crippen molar-refractivity contribution in [3.8, 4) is 5.88 Å². The Bertz CT molecular complexity index is 716. The molecule has 1 N–H and O–H groups in total. The van der Waals surface area contributed by atoms with Gasteiger partial charge in [0.2, 0.25) is 15.9 Å². The third kappa shape index (κ3) is 4.30. The number of ether oxygens (including phenoxy) is 1. The average Bonchev–Trinajstić information content (AvgIpc) is 3.13. The molecule has 1 aromatic rings. The second kappa shape index (κ2) is 7.70. The van der Waals surface area contributed by atoms with Crippen LogP contribution in [0.25, 0.3) is 0 Å². The highest BCUT2D eigenvalue weighted by Gasteiger charge is 2.35. The SMILES string of the molecule is COc1cccc(C(=O)N2CCCC(S(=O)(=O)NC3CCCC3)C2)n1. The monoisotopic (exact) mass is 367 g/mol. The van der Waals surface area contributed by atoms with Gasteiger partial charge in [-0.2, -0.15) is 0 Å². The first-order valence-corrected chi connectivity index (χ1v) is 10.4. The Hall–Kier alpha value is -1.67. The lowest BCUT2D eigenvalue weighted by atomic mass is 10.1. The van der Waals surface area contributed by atoms with Gasteiger partial charge in [-0.1, -0.05) is 18.9 Å². The highest BCUT2D eigenvalue weighted by Crippen LogP contribution is 2.23. The number of carbonyl (C=O) groups excluding carboxylic acids is 1. The van der Waals surface area contributed by atoms with Crippen molar-refractivity contribution in [1.29, 1.82) is 0 Å². The molecule has 2 heterocycles. The Morgan fingerprint density at radius 3 is 2.72 bits per heavy atom. The molecule has 138 valence electrons. The molecule has 0 radical (unpaired) electrons. The van der Waals surface area contributed by atoms with E-state index in [1.807, 2.05) is 0 Å². The number of pyridine rings is 1. The molecule has 1 saturated heterocycles. The molecule has 0 aromatic carbocycles. The fourth-order valence-corrected chi connectivity index (χ4v) is 5.30. The van der Waals surface area contributed by atoms with E-state index in [-0.39, 0.29) is 24.2 Å². The fourth-order valence-electron chi connectivity index (χ4n) is 3.56. The van der Waals surface area contributed by atoms with Crippen molar-refractivity contribution in [1.82, 2.24) is 14.6 Å². The number of nitrogens with one attached hydrogen (secondary N) is 1. The van der Waals surface area contributed by atoms with Gasteiger partial charge < -0.3 is 9.64 Å². The minimum absolute atomic E-state index is 0.0520. The second-order valence-electron chi connectivity index (χ2n) is 6.72. The summed E-state index contributed by atoms with van der Waals surface area (Å²) < 4.78 is 33.2. The fraction of sp³-hybridized carbons (Fsp3) is 0.647. The molecular formula is C17H25N3O4S. The zero-order valence-corrected chi connectivity index (χ0v) is 15.3. The smallest absolute Gasteiger partial charge is 0.272 e. The van der Waals surface area contributed by atoms with Gasteiger partial charge in [-0.25, -0.2) is 18.1 Å². The van der Waals surface area contributed by atoms with Crippen molar-refractivity contribution in [2.24, 2.45) is 0 Å². The van der Waals surface area contributed by atoms with E-state index in [0.717, 1.165) is 25.7 Å². The third-order valence-corrected chi connectivity index (χ3v) is 6.87. The van der Waals surface area contributed by atoms with Crippen LogP contribution in [-0.4, -0.2) is 55.7 Å². The number of likely N-dealkylation sites (tertiary alicyclic amines) is 1. The summed E-state index contributed by atoms with van der Waals surface area (Å²) in [5, 5.41) is -0.559. The molecule has 1 aliphatic heterocycles. The lowest BCUT2D eigenvalue weighted by molar-refractivity contribution is 0.0719. The van der Waals surface area contributed by atoms with E-state index in [1.165, 1.54) is 7.11 Å². The molecule has 2 aliphatic rings. The number of nitrogens with zero attached hydrogens (tertiary/aromatic N) is 2. The standard InChI is InChI=1S/C17H25N3O4S/c1-24-16-10-4-9-15(18-16)17(21)20-11-5-8-14(12-20)25(22,23)19-13-6-2-3-7-13/h4,9-10,13-14,19H,2-3,5-8,11-12H2,1H3. The van der Waals surface area contributed by atoms with E-state index < -0.39 is 15.3 Å². The molecule has 7 nitrogen and oxygen atoms in total. The van der Waals surface area contributed by atoms with Crippen LogP contribution in [0, 0.1) is 0 Å². The molecule has 2 fully saturated rings. The molecule has 25 heavy (non-hydrogen) atoms. The van der Waals surface area contributed by atoms with E-state index in [9.17, 15) is 13.2 Å². The van der Waals surface area contributed by atoms with E-state index in [2.05, 4.69) is 9.71 Å². The largest absolute Gasteiger partial charge is 0.481 e. The first kappa shape index (κ1) is 18.1. The molecule has 1 saturated carbocycles. The first-order chi connectivity index (χ1) is 12.0. The van der Waals surface area contributed by atoms with E-state index >= 15 is 0 Å². The summed E-state index contributed by atoms with van der Waals surface area (Å²) >= 11 is 0. The molecule has 1 amide bonds. The van der Waals surface area contributed by atoms with Crippen LogP contribution >= 0.6 is 0 Å². The van der Waals surface area contributed by atoms with E-state index in [0.29, 0.717) is 25.3 Å². The van der Waals surface area contributed by atoms with Crippen LogP contribution in [0.3, 0.4) is 0 Å². The maximum Gasteiger partial charge on any atom is 0.272 e. The van der Waals surface area contributed by atoms with Crippen LogP contribution in [0.15, 0.2) is 18.2 Å². The summed E-state index contributed by atoms with van der Waals surface area (Å²) in [4.78, 5) is 18.4. The Morgan fingerprint density at radius 1 is 1.24 bits per heavy atom. The van der Waals surface area contributed by atoms with Crippen LogP contribution in [0.1, 0.15) is 49.0 Å². The van der Waals surface area contributed by atoms with Gasteiger partial charge in [0.25, 0.3) is 5.91 Å². The molecule has 8 heteroatoms. The maximum atomic E-state index is 12.7. The van der Waals surface area contributed by atoms with E-state index in [4.69, 9.17) is 4.74 Å². The number of piperidine rings is 1. The van der Waals surface area contributed by atoms with Crippen LogP contribution in [0.5, 0.6) is 5.88 Å². The highest BCUT2D eigenvalue weighted by molar-refractivity contribution is 7.90. The molecular weight excluding hydrogens is 342 g/mol. The van der Waals surface area contributed by atoms with Crippen molar-refractivity contribution < 1.29 is 17.9 Å². The lowest BCUT2D eigenvalue weighted by Crippen LogP contribution is -2.50. The molecule has 1 aromatic heterocycles.